The largest absolute Gasteiger partial charge is 0.264 e. The van der Waals surface area contributed by atoms with E-state index in [4.69, 9.17) is 15.0 Å². The highest BCUT2D eigenvalue weighted by Gasteiger charge is 2.14. The lowest BCUT2D eigenvalue weighted by molar-refractivity contribution is 1.07. The Hall–Kier alpha value is -6.11. The van der Waals surface area contributed by atoms with Gasteiger partial charge in [0.2, 0.25) is 0 Å². The van der Waals surface area contributed by atoms with Crippen LogP contribution in [0.5, 0.6) is 0 Å². The Morgan fingerprint density at radius 3 is 0.980 bits per heavy atom. The van der Waals surface area contributed by atoms with Crippen LogP contribution in [-0.2, 0) is 0 Å². The zero-order chi connectivity index (χ0) is 33.0. The van der Waals surface area contributed by atoms with Crippen LogP contribution in [0.2, 0.25) is 0 Å². The van der Waals surface area contributed by atoms with Crippen LogP contribution in [0, 0.1) is 0 Å². The molecule has 0 bridgehead atoms. The van der Waals surface area contributed by atoms with E-state index in [-0.39, 0.29) is 0 Å². The van der Waals surface area contributed by atoms with E-state index in [1.807, 2.05) is 30.6 Å². The van der Waals surface area contributed by atoms with Gasteiger partial charge in [-0.3, -0.25) is 9.97 Å². The third-order valence-corrected chi connectivity index (χ3v) is 8.92. The number of aromatic nitrogens is 5. The minimum Gasteiger partial charge on any atom is -0.264 e. The summed E-state index contributed by atoms with van der Waals surface area (Å²) in [6, 6.07) is 49.9. The summed E-state index contributed by atoms with van der Waals surface area (Å²) in [5.41, 5.74) is 11.6. The molecule has 8 rings (SSSR count). The highest BCUT2D eigenvalue weighted by Crippen LogP contribution is 2.31. The second kappa shape index (κ2) is 13.6. The van der Waals surface area contributed by atoms with Gasteiger partial charge in [0.1, 0.15) is 0 Å². The predicted octanol–water partition coefficient (Wildman–Crippen LogP) is 11.1. The molecule has 6 heteroatoms. The molecule has 0 unspecified atom stereocenters. The van der Waals surface area contributed by atoms with E-state index in [0.29, 0.717) is 17.5 Å². The lowest BCUT2D eigenvalue weighted by atomic mass is 9.99. The quantitative estimate of drug-likeness (QED) is 0.166. The molecule has 0 fully saturated rings. The Morgan fingerprint density at radius 1 is 0.306 bits per heavy atom. The van der Waals surface area contributed by atoms with Gasteiger partial charge in [-0.15, -0.1) is 0 Å². The first kappa shape index (κ1) is 30.2. The van der Waals surface area contributed by atoms with E-state index in [9.17, 15) is 0 Å². The SMILES string of the molecule is Brc1cccc(-c2ccc(-c3ccc(-c4nc(-c5ccc(-c6cccnc6)cc5)nc(-c5ccc(-c6cccnc6)cc5)n4)cc3)cc2)c1. The van der Waals surface area contributed by atoms with Gasteiger partial charge in [-0.25, -0.2) is 15.0 Å². The van der Waals surface area contributed by atoms with Crippen molar-refractivity contribution in [3.8, 4) is 78.7 Å². The van der Waals surface area contributed by atoms with Crippen LogP contribution in [0.25, 0.3) is 78.7 Å². The van der Waals surface area contributed by atoms with E-state index in [0.717, 1.165) is 54.5 Å². The summed E-state index contributed by atoms with van der Waals surface area (Å²) in [7, 11) is 0. The van der Waals surface area contributed by atoms with Crippen molar-refractivity contribution >= 4 is 15.9 Å². The number of pyridine rings is 2. The smallest absolute Gasteiger partial charge is 0.164 e. The summed E-state index contributed by atoms with van der Waals surface area (Å²) >= 11 is 3.58. The molecule has 0 aliphatic rings. The standard InChI is InChI=1S/C43H28BrN5/c44-40-7-1-4-37(26-40)31-10-8-29(9-11-31)30-12-18-34(19-13-30)41-47-42(35-20-14-32(15-21-35)38-5-2-24-45-27-38)49-43(48-41)36-22-16-33(17-23-36)39-6-3-25-46-28-39/h1-28H. The molecule has 3 aromatic heterocycles. The van der Waals surface area contributed by atoms with Crippen LogP contribution in [0.1, 0.15) is 0 Å². The molecule has 0 N–H and O–H groups in total. The number of benzene rings is 5. The third kappa shape index (κ3) is 6.68. The van der Waals surface area contributed by atoms with Crippen molar-refractivity contribution in [2.24, 2.45) is 0 Å². The van der Waals surface area contributed by atoms with Gasteiger partial charge in [0.15, 0.2) is 17.5 Å². The minimum atomic E-state index is 0.612. The molecule has 0 atom stereocenters. The lowest BCUT2D eigenvalue weighted by Crippen LogP contribution is -2.00. The molecule has 49 heavy (non-hydrogen) atoms. The first-order chi connectivity index (χ1) is 24.2. The van der Waals surface area contributed by atoms with Gasteiger partial charge in [-0.2, -0.15) is 0 Å². The summed E-state index contributed by atoms with van der Waals surface area (Å²) < 4.78 is 1.07. The molecule has 0 aliphatic carbocycles. The molecular formula is C43H28BrN5. The van der Waals surface area contributed by atoms with Crippen molar-refractivity contribution in [1.82, 2.24) is 24.9 Å². The van der Waals surface area contributed by atoms with Gasteiger partial charge in [0, 0.05) is 46.0 Å². The van der Waals surface area contributed by atoms with Gasteiger partial charge in [0.25, 0.3) is 0 Å². The zero-order valence-electron chi connectivity index (χ0n) is 26.3. The maximum absolute atomic E-state index is 4.97. The van der Waals surface area contributed by atoms with Crippen molar-refractivity contribution in [2.45, 2.75) is 0 Å². The van der Waals surface area contributed by atoms with E-state index in [1.165, 1.54) is 11.1 Å². The normalized spacial score (nSPS) is 11.0. The van der Waals surface area contributed by atoms with Crippen LogP contribution in [0.15, 0.2) is 175 Å². The van der Waals surface area contributed by atoms with Crippen LogP contribution < -0.4 is 0 Å². The molecule has 0 saturated carbocycles. The van der Waals surface area contributed by atoms with E-state index < -0.39 is 0 Å². The van der Waals surface area contributed by atoms with Gasteiger partial charge in [-0.1, -0.05) is 137 Å². The topological polar surface area (TPSA) is 64.5 Å². The molecule has 5 nitrogen and oxygen atoms in total. The molecule has 0 saturated heterocycles. The molecule has 0 radical (unpaired) electrons. The van der Waals surface area contributed by atoms with Crippen LogP contribution in [0.4, 0.5) is 0 Å². The summed E-state index contributed by atoms with van der Waals surface area (Å²) in [5.74, 6) is 1.84. The van der Waals surface area contributed by atoms with Crippen molar-refractivity contribution in [3.63, 3.8) is 0 Å². The highest BCUT2D eigenvalue weighted by molar-refractivity contribution is 9.10. The Kier molecular flexibility index (Phi) is 8.36. The number of hydrogen-bond acceptors (Lipinski definition) is 5. The van der Waals surface area contributed by atoms with Gasteiger partial charge in [0.05, 0.1) is 0 Å². The Labute approximate surface area is 293 Å². The first-order valence-corrected chi connectivity index (χ1v) is 16.7. The van der Waals surface area contributed by atoms with Crippen molar-refractivity contribution < 1.29 is 0 Å². The molecule has 5 aromatic carbocycles. The van der Waals surface area contributed by atoms with Crippen LogP contribution in [-0.4, -0.2) is 24.9 Å². The van der Waals surface area contributed by atoms with E-state index in [2.05, 4.69) is 153 Å². The first-order valence-electron chi connectivity index (χ1n) is 15.9. The molecule has 3 heterocycles. The summed E-state index contributed by atoms with van der Waals surface area (Å²) in [5, 5.41) is 0. The van der Waals surface area contributed by atoms with Gasteiger partial charge < -0.3 is 0 Å². The molecule has 0 aliphatic heterocycles. The van der Waals surface area contributed by atoms with Crippen LogP contribution in [0.3, 0.4) is 0 Å². The van der Waals surface area contributed by atoms with Crippen molar-refractivity contribution in [3.05, 3.63) is 175 Å². The maximum atomic E-state index is 4.97. The monoisotopic (exact) mass is 693 g/mol. The minimum absolute atomic E-state index is 0.612. The van der Waals surface area contributed by atoms with Crippen molar-refractivity contribution in [1.29, 1.82) is 0 Å². The molecule has 8 aromatic rings. The second-order valence-corrected chi connectivity index (χ2v) is 12.5. The van der Waals surface area contributed by atoms with E-state index >= 15 is 0 Å². The van der Waals surface area contributed by atoms with Crippen LogP contribution >= 0.6 is 15.9 Å². The number of nitrogens with zero attached hydrogens (tertiary/aromatic N) is 5. The van der Waals surface area contributed by atoms with E-state index in [1.54, 1.807) is 12.4 Å². The molecule has 0 spiro atoms. The number of halogens is 1. The van der Waals surface area contributed by atoms with Gasteiger partial charge >= 0.3 is 0 Å². The third-order valence-electron chi connectivity index (χ3n) is 8.43. The Bertz CT molecular complexity index is 2240. The molecular weight excluding hydrogens is 666 g/mol. The number of hydrogen-bond donors (Lipinski definition) is 0. The summed E-state index contributed by atoms with van der Waals surface area (Å²) in [4.78, 5) is 23.4. The number of rotatable bonds is 7. The zero-order valence-corrected chi connectivity index (χ0v) is 27.9. The maximum Gasteiger partial charge on any atom is 0.164 e. The fraction of sp³-hybridized carbons (Fsp3) is 0. The average Bonchev–Trinajstić information content (AvgIpc) is 3.19. The summed E-state index contributed by atoms with van der Waals surface area (Å²) in [6.45, 7) is 0. The van der Waals surface area contributed by atoms with Gasteiger partial charge in [-0.05, 0) is 68.8 Å². The highest BCUT2D eigenvalue weighted by atomic mass is 79.9. The Morgan fingerprint density at radius 2 is 0.633 bits per heavy atom. The fourth-order valence-corrected chi connectivity index (χ4v) is 6.19. The Balaban J connectivity index is 1.14. The summed E-state index contributed by atoms with van der Waals surface area (Å²) in [6.07, 6.45) is 7.29. The average molecular weight is 695 g/mol. The predicted molar refractivity (Wildman–Crippen MR) is 201 cm³/mol. The molecule has 0 amide bonds. The second-order valence-electron chi connectivity index (χ2n) is 11.6. The van der Waals surface area contributed by atoms with Crippen molar-refractivity contribution in [2.75, 3.05) is 0 Å². The molecule has 232 valence electrons. The lowest BCUT2D eigenvalue weighted by Gasteiger charge is -2.10. The fourth-order valence-electron chi connectivity index (χ4n) is 5.79.